The van der Waals surface area contributed by atoms with Crippen LogP contribution in [0.4, 0.5) is 5.69 Å². The fraction of sp³-hybridized carbons (Fsp3) is 0.412. The highest BCUT2D eigenvalue weighted by Gasteiger charge is 2.40. The largest absolute Gasteiger partial charge is 0.322 e. The zero-order valence-electron chi connectivity index (χ0n) is 12.3. The third-order valence-electron chi connectivity index (χ3n) is 4.34. The Morgan fingerprint density at radius 2 is 2.14 bits per heavy atom. The monoisotopic (exact) mass is 313 g/mol. The van der Waals surface area contributed by atoms with Gasteiger partial charge >= 0.3 is 0 Å². The zero-order valence-corrected chi connectivity index (χ0v) is 13.1. The molecule has 2 saturated carbocycles. The van der Waals surface area contributed by atoms with Gasteiger partial charge in [0.2, 0.25) is 0 Å². The van der Waals surface area contributed by atoms with E-state index in [0.717, 1.165) is 17.2 Å². The molecule has 4 rings (SSSR count). The van der Waals surface area contributed by atoms with Crippen molar-refractivity contribution in [3.8, 4) is 0 Å². The SMILES string of the molecule is O=C(Nc1ccncc1)c1csc(C2CC2NCC2CC2)c1. The van der Waals surface area contributed by atoms with Crippen molar-refractivity contribution in [2.24, 2.45) is 5.92 Å². The Bertz CT molecular complexity index is 666. The van der Waals surface area contributed by atoms with Crippen molar-refractivity contribution in [3.63, 3.8) is 0 Å². The molecule has 2 fully saturated rings. The molecule has 2 aromatic heterocycles. The molecule has 2 unspecified atom stereocenters. The molecule has 0 aliphatic heterocycles. The Labute approximate surface area is 134 Å². The van der Waals surface area contributed by atoms with E-state index < -0.39 is 0 Å². The van der Waals surface area contributed by atoms with Crippen LogP contribution in [0.1, 0.15) is 40.4 Å². The highest BCUT2D eigenvalue weighted by atomic mass is 32.1. The van der Waals surface area contributed by atoms with Gasteiger partial charge in [0, 0.05) is 40.3 Å². The summed E-state index contributed by atoms with van der Waals surface area (Å²) < 4.78 is 0. The Morgan fingerprint density at radius 1 is 1.32 bits per heavy atom. The van der Waals surface area contributed by atoms with E-state index in [1.54, 1.807) is 35.9 Å². The fourth-order valence-electron chi connectivity index (χ4n) is 2.68. The third-order valence-corrected chi connectivity index (χ3v) is 5.41. The molecule has 2 aliphatic carbocycles. The Kier molecular flexibility index (Phi) is 3.68. The van der Waals surface area contributed by atoms with Gasteiger partial charge in [0.05, 0.1) is 5.56 Å². The van der Waals surface area contributed by atoms with E-state index in [1.165, 1.54) is 30.7 Å². The van der Waals surface area contributed by atoms with E-state index in [-0.39, 0.29) is 5.91 Å². The smallest absolute Gasteiger partial charge is 0.256 e. The number of rotatable bonds is 6. The maximum absolute atomic E-state index is 12.2. The van der Waals surface area contributed by atoms with Crippen molar-refractivity contribution in [3.05, 3.63) is 46.4 Å². The molecule has 0 radical (unpaired) electrons. The first-order chi connectivity index (χ1) is 10.8. The molecule has 114 valence electrons. The average molecular weight is 313 g/mol. The molecule has 1 amide bonds. The third kappa shape index (κ3) is 3.20. The summed E-state index contributed by atoms with van der Waals surface area (Å²) in [6, 6.07) is 6.26. The van der Waals surface area contributed by atoms with Gasteiger partial charge in [-0.25, -0.2) is 0 Å². The Morgan fingerprint density at radius 3 is 2.91 bits per heavy atom. The summed E-state index contributed by atoms with van der Waals surface area (Å²) in [6.45, 7) is 1.17. The van der Waals surface area contributed by atoms with E-state index in [9.17, 15) is 4.79 Å². The van der Waals surface area contributed by atoms with E-state index in [2.05, 4.69) is 15.6 Å². The second-order valence-corrected chi connectivity index (χ2v) is 7.17. The number of amides is 1. The zero-order chi connectivity index (χ0) is 14.9. The molecule has 4 nitrogen and oxygen atoms in total. The first-order valence-electron chi connectivity index (χ1n) is 7.83. The van der Waals surface area contributed by atoms with Gasteiger partial charge in [-0.05, 0) is 49.9 Å². The summed E-state index contributed by atoms with van der Waals surface area (Å²) in [6.07, 6.45) is 7.34. The lowest BCUT2D eigenvalue weighted by Crippen LogP contribution is -2.20. The molecule has 2 aliphatic rings. The average Bonchev–Trinajstić information content (AvgIpc) is 3.45. The van der Waals surface area contributed by atoms with Gasteiger partial charge in [-0.2, -0.15) is 0 Å². The summed E-state index contributed by atoms with van der Waals surface area (Å²) in [5.41, 5.74) is 1.54. The molecule has 2 N–H and O–H groups in total. The summed E-state index contributed by atoms with van der Waals surface area (Å²) in [4.78, 5) is 17.5. The normalized spacial score (nSPS) is 23.3. The number of thiophene rings is 1. The van der Waals surface area contributed by atoms with Crippen molar-refractivity contribution >= 4 is 22.9 Å². The molecule has 0 spiro atoms. The second-order valence-electron chi connectivity index (χ2n) is 6.23. The summed E-state index contributed by atoms with van der Waals surface area (Å²) in [5, 5.41) is 8.51. The van der Waals surface area contributed by atoms with Crippen molar-refractivity contribution in [1.29, 1.82) is 0 Å². The van der Waals surface area contributed by atoms with Crippen LogP contribution in [-0.4, -0.2) is 23.5 Å². The molecule has 0 bridgehead atoms. The minimum Gasteiger partial charge on any atom is -0.322 e. The molecule has 2 atom stereocenters. The van der Waals surface area contributed by atoms with Crippen LogP contribution in [0.3, 0.4) is 0 Å². The van der Waals surface area contributed by atoms with E-state index in [1.807, 2.05) is 11.4 Å². The molecule has 2 aromatic rings. The topological polar surface area (TPSA) is 54.0 Å². The van der Waals surface area contributed by atoms with Gasteiger partial charge in [0.25, 0.3) is 5.91 Å². The number of nitrogens with zero attached hydrogens (tertiary/aromatic N) is 1. The van der Waals surface area contributed by atoms with Crippen LogP contribution in [0.5, 0.6) is 0 Å². The van der Waals surface area contributed by atoms with Crippen LogP contribution in [0.2, 0.25) is 0 Å². The van der Waals surface area contributed by atoms with Gasteiger partial charge in [0.15, 0.2) is 0 Å². The summed E-state index contributed by atoms with van der Waals surface area (Å²) >= 11 is 1.70. The van der Waals surface area contributed by atoms with E-state index >= 15 is 0 Å². The number of carbonyl (C=O) groups excluding carboxylic acids is 1. The first-order valence-corrected chi connectivity index (χ1v) is 8.71. The minimum atomic E-state index is -0.0446. The summed E-state index contributed by atoms with van der Waals surface area (Å²) in [7, 11) is 0. The number of anilines is 1. The number of hydrogen-bond acceptors (Lipinski definition) is 4. The minimum absolute atomic E-state index is 0.0446. The van der Waals surface area contributed by atoms with Crippen molar-refractivity contribution in [2.75, 3.05) is 11.9 Å². The maximum atomic E-state index is 12.2. The van der Waals surface area contributed by atoms with Gasteiger partial charge in [-0.15, -0.1) is 11.3 Å². The van der Waals surface area contributed by atoms with E-state index in [4.69, 9.17) is 0 Å². The lowest BCUT2D eigenvalue weighted by molar-refractivity contribution is 0.102. The number of carbonyl (C=O) groups is 1. The molecule has 0 saturated heterocycles. The van der Waals surface area contributed by atoms with Crippen LogP contribution >= 0.6 is 11.3 Å². The first kappa shape index (κ1) is 13.9. The van der Waals surface area contributed by atoms with Gasteiger partial charge in [0.1, 0.15) is 0 Å². The molecule has 0 aromatic carbocycles. The molecule has 5 heteroatoms. The predicted molar refractivity (Wildman–Crippen MR) is 88.4 cm³/mol. The molecular formula is C17H19N3OS. The lowest BCUT2D eigenvalue weighted by atomic mass is 10.2. The van der Waals surface area contributed by atoms with Gasteiger partial charge < -0.3 is 10.6 Å². The standard InChI is InChI=1S/C17H19N3OS/c21-17(20-13-3-5-18-6-4-13)12-7-16(22-10-12)14-8-15(14)19-9-11-1-2-11/h3-7,10-11,14-15,19H,1-2,8-9H2,(H,18,20,21). The van der Waals surface area contributed by atoms with Gasteiger partial charge in [-0.1, -0.05) is 0 Å². The van der Waals surface area contributed by atoms with Crippen LogP contribution < -0.4 is 10.6 Å². The maximum Gasteiger partial charge on any atom is 0.256 e. The van der Waals surface area contributed by atoms with Crippen LogP contribution in [0.25, 0.3) is 0 Å². The van der Waals surface area contributed by atoms with E-state index in [0.29, 0.717) is 12.0 Å². The molecular weight excluding hydrogens is 294 g/mol. The van der Waals surface area contributed by atoms with Crippen LogP contribution in [-0.2, 0) is 0 Å². The lowest BCUT2D eigenvalue weighted by Gasteiger charge is -2.02. The number of aromatic nitrogens is 1. The van der Waals surface area contributed by atoms with Crippen LogP contribution in [0.15, 0.2) is 36.0 Å². The number of pyridine rings is 1. The Balaban J connectivity index is 1.34. The highest BCUT2D eigenvalue weighted by molar-refractivity contribution is 7.10. The Hall–Kier alpha value is -1.72. The second kappa shape index (κ2) is 5.82. The molecule has 2 heterocycles. The predicted octanol–water partition coefficient (Wildman–Crippen LogP) is 3.25. The quantitative estimate of drug-likeness (QED) is 0.861. The van der Waals surface area contributed by atoms with Gasteiger partial charge in [-0.3, -0.25) is 9.78 Å². The van der Waals surface area contributed by atoms with Crippen LogP contribution in [0, 0.1) is 5.92 Å². The summed E-state index contributed by atoms with van der Waals surface area (Å²) in [5.74, 6) is 1.48. The fourth-order valence-corrected chi connectivity index (χ4v) is 3.75. The highest BCUT2D eigenvalue weighted by Crippen LogP contribution is 2.44. The molecule has 22 heavy (non-hydrogen) atoms. The number of nitrogens with one attached hydrogen (secondary N) is 2. The van der Waals surface area contributed by atoms with Crippen molar-refractivity contribution in [2.45, 2.75) is 31.2 Å². The van der Waals surface area contributed by atoms with Crippen molar-refractivity contribution in [1.82, 2.24) is 10.3 Å². The number of hydrogen-bond donors (Lipinski definition) is 2. The van der Waals surface area contributed by atoms with Crippen molar-refractivity contribution < 1.29 is 4.79 Å².